The molecule has 1 N–H and O–H groups in total. The first-order chi connectivity index (χ1) is 13.5. The highest BCUT2D eigenvalue weighted by Crippen LogP contribution is 2.36. The van der Waals surface area contributed by atoms with Gasteiger partial charge in [-0.2, -0.15) is 0 Å². The molecule has 29 heavy (non-hydrogen) atoms. The summed E-state index contributed by atoms with van der Waals surface area (Å²) >= 11 is 0. The number of allylic oxidation sites excluding steroid dienone is 1. The molecule has 5 atom stereocenters. The lowest BCUT2D eigenvalue weighted by Gasteiger charge is -2.29. The number of carbonyl (C=O) groups is 3. The van der Waals surface area contributed by atoms with Crippen LogP contribution in [0.2, 0.25) is 0 Å². The second-order valence-corrected chi connectivity index (χ2v) is 7.43. The third kappa shape index (κ3) is 5.23. The van der Waals surface area contributed by atoms with E-state index in [1.165, 1.54) is 6.92 Å². The van der Waals surface area contributed by atoms with Crippen LogP contribution < -0.4 is 0 Å². The zero-order chi connectivity index (χ0) is 21.9. The topological polar surface area (TPSA) is 99.1 Å². The maximum atomic E-state index is 12.4. The third-order valence-corrected chi connectivity index (χ3v) is 5.25. The average Bonchev–Trinajstić information content (AvgIpc) is 2.92. The first-order valence-corrected chi connectivity index (χ1v) is 9.50. The van der Waals surface area contributed by atoms with Crippen molar-refractivity contribution >= 4 is 17.9 Å². The van der Waals surface area contributed by atoms with E-state index in [4.69, 9.17) is 14.2 Å². The molecule has 1 aliphatic carbocycles. The maximum absolute atomic E-state index is 12.4. The molecule has 0 aromatic heterocycles. The van der Waals surface area contributed by atoms with Crippen molar-refractivity contribution in [2.45, 2.75) is 65.5 Å². The summed E-state index contributed by atoms with van der Waals surface area (Å²) in [6, 6.07) is 0. The standard InChI is InChI=1S/C22H28O7/c1-7-11(2)21(25)28-18-8-12(3)16(24)10-17(27-15(6)23)13(4)9-19-20(18)14(5)22(26)29-19/h7-9,16-20,24H,5,10H2,1-4,6H3/b11-7-,12-8-,13-9-/t16-,17-,18+,19+,20?/m0/s1. The van der Waals surface area contributed by atoms with Crippen LogP contribution in [-0.4, -0.2) is 47.4 Å². The fraction of sp³-hybridized carbons (Fsp3) is 0.500. The molecule has 1 fully saturated rings. The number of rotatable bonds is 3. The van der Waals surface area contributed by atoms with E-state index in [0.29, 0.717) is 16.7 Å². The summed E-state index contributed by atoms with van der Waals surface area (Å²) in [5.74, 6) is -2.25. The molecular formula is C22H28O7. The van der Waals surface area contributed by atoms with Gasteiger partial charge in [0, 0.05) is 24.5 Å². The molecule has 1 unspecified atom stereocenters. The number of hydrogen-bond acceptors (Lipinski definition) is 7. The summed E-state index contributed by atoms with van der Waals surface area (Å²) in [5, 5.41) is 10.6. The summed E-state index contributed by atoms with van der Waals surface area (Å²) in [6.07, 6.45) is 1.82. The Balaban J connectivity index is 2.52. The molecule has 1 heterocycles. The second-order valence-electron chi connectivity index (χ2n) is 7.43. The SMILES string of the molecule is C=C1C(=O)O[C@@H]2/C=C(/C)[C@@H](OC(C)=O)C[C@H](O)/C(C)=C\[C@@H](OC(=O)/C(C)=C\C)C12. The summed E-state index contributed by atoms with van der Waals surface area (Å²) in [4.78, 5) is 36.1. The van der Waals surface area contributed by atoms with Crippen LogP contribution in [0.4, 0.5) is 0 Å². The predicted octanol–water partition coefficient (Wildman–Crippen LogP) is 2.55. The predicted molar refractivity (Wildman–Crippen MR) is 106 cm³/mol. The molecule has 0 radical (unpaired) electrons. The molecule has 7 nitrogen and oxygen atoms in total. The van der Waals surface area contributed by atoms with Gasteiger partial charge in [0.05, 0.1) is 12.0 Å². The van der Waals surface area contributed by atoms with Gasteiger partial charge in [-0.3, -0.25) is 4.79 Å². The van der Waals surface area contributed by atoms with Gasteiger partial charge in [-0.1, -0.05) is 12.7 Å². The van der Waals surface area contributed by atoms with Crippen molar-refractivity contribution in [3.63, 3.8) is 0 Å². The minimum atomic E-state index is -0.936. The lowest BCUT2D eigenvalue weighted by Crippen LogP contribution is -2.34. The van der Waals surface area contributed by atoms with Gasteiger partial charge >= 0.3 is 17.9 Å². The molecule has 2 aliphatic rings. The first-order valence-electron chi connectivity index (χ1n) is 9.50. The largest absolute Gasteiger partial charge is 0.458 e. The number of ether oxygens (including phenoxy) is 3. The Kier molecular flexibility index (Phi) is 7.19. The van der Waals surface area contributed by atoms with E-state index in [1.807, 2.05) is 0 Å². The zero-order valence-corrected chi connectivity index (χ0v) is 17.4. The number of fused-ring (bicyclic) bond motifs is 1. The van der Waals surface area contributed by atoms with Crippen LogP contribution in [0.1, 0.15) is 41.0 Å². The van der Waals surface area contributed by atoms with E-state index in [0.717, 1.165) is 0 Å². The van der Waals surface area contributed by atoms with Crippen molar-refractivity contribution in [3.8, 4) is 0 Å². The van der Waals surface area contributed by atoms with Crippen LogP contribution in [0.3, 0.4) is 0 Å². The normalized spacial score (nSPS) is 34.1. The second kappa shape index (κ2) is 9.22. The molecule has 0 amide bonds. The van der Waals surface area contributed by atoms with Crippen molar-refractivity contribution in [2.75, 3.05) is 0 Å². The summed E-state index contributed by atoms with van der Waals surface area (Å²) in [6.45, 7) is 11.9. The molecule has 7 heteroatoms. The Morgan fingerprint density at radius 3 is 2.45 bits per heavy atom. The van der Waals surface area contributed by atoms with Crippen molar-refractivity contribution in [1.82, 2.24) is 0 Å². The Bertz CT molecular complexity index is 802. The van der Waals surface area contributed by atoms with E-state index < -0.39 is 48.2 Å². The van der Waals surface area contributed by atoms with Gasteiger partial charge in [0.25, 0.3) is 0 Å². The number of esters is 3. The Labute approximate surface area is 170 Å². The third-order valence-electron chi connectivity index (χ3n) is 5.25. The smallest absolute Gasteiger partial charge is 0.334 e. The quantitative estimate of drug-likeness (QED) is 0.334. The van der Waals surface area contributed by atoms with E-state index in [1.54, 1.807) is 45.9 Å². The monoisotopic (exact) mass is 404 g/mol. The summed E-state index contributed by atoms with van der Waals surface area (Å²) in [7, 11) is 0. The lowest BCUT2D eigenvalue weighted by atomic mass is 9.85. The fourth-order valence-corrected chi connectivity index (χ4v) is 3.33. The Morgan fingerprint density at radius 1 is 1.21 bits per heavy atom. The van der Waals surface area contributed by atoms with Crippen molar-refractivity contribution in [3.05, 3.63) is 47.1 Å². The maximum Gasteiger partial charge on any atom is 0.334 e. The highest BCUT2D eigenvalue weighted by Gasteiger charge is 2.44. The van der Waals surface area contributed by atoms with Crippen molar-refractivity contribution in [2.24, 2.45) is 5.92 Å². The van der Waals surface area contributed by atoms with Crippen molar-refractivity contribution < 1.29 is 33.7 Å². The van der Waals surface area contributed by atoms with Gasteiger partial charge in [0.2, 0.25) is 0 Å². The lowest BCUT2D eigenvalue weighted by molar-refractivity contribution is -0.147. The van der Waals surface area contributed by atoms with Gasteiger partial charge in [-0.25, -0.2) is 9.59 Å². The van der Waals surface area contributed by atoms with Crippen LogP contribution in [0.5, 0.6) is 0 Å². The fourth-order valence-electron chi connectivity index (χ4n) is 3.33. The number of hydrogen-bond donors (Lipinski definition) is 1. The summed E-state index contributed by atoms with van der Waals surface area (Å²) < 4.78 is 16.4. The molecule has 0 bridgehead atoms. The first kappa shape index (κ1) is 22.6. The van der Waals surface area contributed by atoms with Crippen LogP contribution in [0.15, 0.2) is 47.1 Å². The number of carbonyl (C=O) groups excluding carboxylic acids is 3. The molecule has 0 aromatic carbocycles. The average molecular weight is 404 g/mol. The zero-order valence-electron chi connectivity index (χ0n) is 17.4. The highest BCUT2D eigenvalue weighted by molar-refractivity contribution is 5.92. The van der Waals surface area contributed by atoms with Gasteiger partial charge in [-0.05, 0) is 51.0 Å². The molecule has 1 aliphatic heterocycles. The molecule has 158 valence electrons. The van der Waals surface area contributed by atoms with E-state index in [2.05, 4.69) is 6.58 Å². The molecular weight excluding hydrogens is 376 g/mol. The molecule has 1 saturated heterocycles. The number of aliphatic hydroxyl groups excluding tert-OH is 1. The minimum Gasteiger partial charge on any atom is -0.458 e. The molecule has 0 aromatic rings. The molecule has 0 spiro atoms. The van der Waals surface area contributed by atoms with Crippen molar-refractivity contribution in [1.29, 1.82) is 0 Å². The van der Waals surface area contributed by atoms with Gasteiger partial charge < -0.3 is 19.3 Å². The van der Waals surface area contributed by atoms with Crippen LogP contribution in [0.25, 0.3) is 0 Å². The van der Waals surface area contributed by atoms with Gasteiger partial charge in [-0.15, -0.1) is 0 Å². The van der Waals surface area contributed by atoms with Gasteiger partial charge in [0.1, 0.15) is 18.3 Å². The highest BCUT2D eigenvalue weighted by atomic mass is 16.6. The number of aliphatic hydroxyl groups is 1. The molecule has 0 saturated carbocycles. The van der Waals surface area contributed by atoms with Crippen LogP contribution in [-0.2, 0) is 28.6 Å². The van der Waals surface area contributed by atoms with E-state index >= 15 is 0 Å². The van der Waals surface area contributed by atoms with Crippen LogP contribution in [0, 0.1) is 5.92 Å². The van der Waals surface area contributed by atoms with Gasteiger partial charge in [0.15, 0.2) is 0 Å². The van der Waals surface area contributed by atoms with Crippen LogP contribution >= 0.6 is 0 Å². The Morgan fingerprint density at radius 2 is 1.86 bits per heavy atom. The van der Waals surface area contributed by atoms with E-state index in [-0.39, 0.29) is 12.0 Å². The summed E-state index contributed by atoms with van der Waals surface area (Å²) in [5.41, 5.74) is 1.75. The molecule has 2 rings (SSSR count). The van der Waals surface area contributed by atoms with E-state index in [9.17, 15) is 19.5 Å². The Hall–Kier alpha value is -2.67. The minimum absolute atomic E-state index is 0.130.